The summed E-state index contributed by atoms with van der Waals surface area (Å²) in [4.78, 5) is 22.5. The monoisotopic (exact) mass is 220 g/mol. The normalized spacial score (nSPS) is 10.9. The smallest absolute Gasteiger partial charge is 0.251 e. The number of hydrogen-bond donors (Lipinski definition) is 2. The molecule has 0 aromatic heterocycles. The molecule has 0 bridgehead atoms. The van der Waals surface area contributed by atoms with Crippen LogP contribution in [0.2, 0.25) is 0 Å². The molecule has 0 radical (unpaired) electrons. The van der Waals surface area contributed by atoms with Crippen LogP contribution >= 0.6 is 0 Å². The predicted molar refractivity (Wildman–Crippen MR) is 62.2 cm³/mol. The van der Waals surface area contributed by atoms with Gasteiger partial charge in [0, 0.05) is 16.7 Å². The SMILES string of the molecule is CC(C)(C)NC(=O)c1ccc(C(N)=O)cc1. The highest BCUT2D eigenvalue weighted by atomic mass is 16.2. The lowest BCUT2D eigenvalue weighted by atomic mass is 10.1. The molecule has 0 unspecified atom stereocenters. The van der Waals surface area contributed by atoms with Crippen LogP contribution in [-0.2, 0) is 0 Å². The lowest BCUT2D eigenvalue weighted by Crippen LogP contribution is -2.40. The summed E-state index contributed by atoms with van der Waals surface area (Å²) in [5.41, 5.74) is 5.73. The lowest BCUT2D eigenvalue weighted by Gasteiger charge is -2.20. The van der Waals surface area contributed by atoms with Gasteiger partial charge in [-0.2, -0.15) is 0 Å². The number of benzene rings is 1. The second kappa shape index (κ2) is 4.35. The molecule has 0 aliphatic rings. The van der Waals surface area contributed by atoms with E-state index in [0.717, 1.165) is 0 Å². The fourth-order valence-corrected chi connectivity index (χ4v) is 1.20. The van der Waals surface area contributed by atoms with E-state index >= 15 is 0 Å². The van der Waals surface area contributed by atoms with Crippen LogP contribution in [0.5, 0.6) is 0 Å². The number of amides is 2. The Balaban J connectivity index is 2.82. The Morgan fingerprint density at radius 1 is 1.06 bits per heavy atom. The first kappa shape index (κ1) is 12.2. The van der Waals surface area contributed by atoms with Crippen LogP contribution in [0.1, 0.15) is 41.5 Å². The van der Waals surface area contributed by atoms with E-state index in [-0.39, 0.29) is 11.4 Å². The number of nitrogens with one attached hydrogen (secondary N) is 1. The number of nitrogens with two attached hydrogens (primary N) is 1. The van der Waals surface area contributed by atoms with Crippen molar-refractivity contribution in [1.82, 2.24) is 5.32 Å². The van der Waals surface area contributed by atoms with Gasteiger partial charge in [-0.3, -0.25) is 9.59 Å². The number of primary amides is 1. The van der Waals surface area contributed by atoms with Crippen LogP contribution in [0.15, 0.2) is 24.3 Å². The van der Waals surface area contributed by atoms with E-state index in [4.69, 9.17) is 5.73 Å². The fraction of sp³-hybridized carbons (Fsp3) is 0.333. The number of rotatable bonds is 2. The third kappa shape index (κ3) is 3.38. The molecular weight excluding hydrogens is 204 g/mol. The van der Waals surface area contributed by atoms with Gasteiger partial charge in [0.15, 0.2) is 0 Å². The third-order valence-corrected chi connectivity index (χ3v) is 1.92. The Labute approximate surface area is 94.8 Å². The first-order chi connectivity index (χ1) is 7.29. The van der Waals surface area contributed by atoms with Gasteiger partial charge < -0.3 is 11.1 Å². The first-order valence-corrected chi connectivity index (χ1v) is 5.02. The van der Waals surface area contributed by atoms with Gasteiger partial charge in [-0.1, -0.05) is 0 Å². The third-order valence-electron chi connectivity index (χ3n) is 1.92. The summed E-state index contributed by atoms with van der Waals surface area (Å²) < 4.78 is 0. The lowest BCUT2D eigenvalue weighted by molar-refractivity contribution is 0.0917. The average Bonchev–Trinajstić information content (AvgIpc) is 2.15. The molecule has 4 nitrogen and oxygen atoms in total. The van der Waals surface area contributed by atoms with Crippen LogP contribution in [0.25, 0.3) is 0 Å². The molecule has 0 aliphatic heterocycles. The van der Waals surface area contributed by atoms with Gasteiger partial charge >= 0.3 is 0 Å². The minimum atomic E-state index is -0.497. The molecule has 2 amide bonds. The molecule has 16 heavy (non-hydrogen) atoms. The second-order valence-electron chi connectivity index (χ2n) is 4.65. The Kier molecular flexibility index (Phi) is 3.32. The minimum Gasteiger partial charge on any atom is -0.366 e. The summed E-state index contributed by atoms with van der Waals surface area (Å²) in [6.07, 6.45) is 0. The van der Waals surface area contributed by atoms with Gasteiger partial charge in [0.25, 0.3) is 5.91 Å². The summed E-state index contributed by atoms with van der Waals surface area (Å²) >= 11 is 0. The Morgan fingerprint density at radius 3 is 1.88 bits per heavy atom. The first-order valence-electron chi connectivity index (χ1n) is 5.02. The summed E-state index contributed by atoms with van der Waals surface area (Å²) in [6, 6.07) is 6.25. The Morgan fingerprint density at radius 2 is 1.50 bits per heavy atom. The zero-order valence-electron chi connectivity index (χ0n) is 9.70. The van der Waals surface area contributed by atoms with Crippen molar-refractivity contribution in [3.05, 3.63) is 35.4 Å². The molecule has 0 heterocycles. The van der Waals surface area contributed by atoms with E-state index in [1.807, 2.05) is 20.8 Å². The van der Waals surface area contributed by atoms with Crippen LogP contribution in [0.4, 0.5) is 0 Å². The summed E-state index contributed by atoms with van der Waals surface area (Å²) in [6.45, 7) is 5.72. The van der Waals surface area contributed by atoms with Crippen molar-refractivity contribution >= 4 is 11.8 Å². The van der Waals surface area contributed by atoms with E-state index in [1.54, 1.807) is 24.3 Å². The van der Waals surface area contributed by atoms with Gasteiger partial charge in [-0.25, -0.2) is 0 Å². The average molecular weight is 220 g/mol. The van der Waals surface area contributed by atoms with Gasteiger partial charge in [0.2, 0.25) is 5.91 Å². The van der Waals surface area contributed by atoms with E-state index in [0.29, 0.717) is 11.1 Å². The standard InChI is InChI=1S/C12H16N2O2/c1-12(2,3)14-11(16)9-6-4-8(5-7-9)10(13)15/h4-7H,1-3H3,(H2,13,15)(H,14,16). The molecule has 3 N–H and O–H groups in total. The van der Waals surface area contributed by atoms with Gasteiger partial charge in [0.1, 0.15) is 0 Å². The number of hydrogen-bond acceptors (Lipinski definition) is 2. The fourth-order valence-electron chi connectivity index (χ4n) is 1.20. The van der Waals surface area contributed by atoms with Crippen molar-refractivity contribution in [1.29, 1.82) is 0 Å². The highest BCUT2D eigenvalue weighted by molar-refractivity contribution is 5.97. The van der Waals surface area contributed by atoms with Crippen LogP contribution in [0, 0.1) is 0 Å². The zero-order valence-corrected chi connectivity index (χ0v) is 9.70. The van der Waals surface area contributed by atoms with Crippen molar-refractivity contribution in [3.8, 4) is 0 Å². The summed E-state index contributed by atoms with van der Waals surface area (Å²) in [5.74, 6) is -0.661. The molecule has 0 fully saturated rings. The van der Waals surface area contributed by atoms with Gasteiger partial charge in [0.05, 0.1) is 0 Å². The number of carbonyl (C=O) groups is 2. The molecule has 86 valence electrons. The highest BCUT2D eigenvalue weighted by Gasteiger charge is 2.15. The topological polar surface area (TPSA) is 72.2 Å². The Hall–Kier alpha value is -1.84. The molecule has 0 saturated carbocycles. The predicted octanol–water partition coefficient (Wildman–Crippen LogP) is 1.31. The van der Waals surface area contributed by atoms with Gasteiger partial charge in [-0.05, 0) is 45.0 Å². The molecule has 1 aromatic rings. The highest BCUT2D eigenvalue weighted by Crippen LogP contribution is 2.06. The van der Waals surface area contributed by atoms with E-state index < -0.39 is 5.91 Å². The minimum absolute atomic E-state index is 0.163. The van der Waals surface area contributed by atoms with E-state index in [1.165, 1.54) is 0 Å². The largest absolute Gasteiger partial charge is 0.366 e. The molecule has 0 saturated heterocycles. The summed E-state index contributed by atoms with van der Waals surface area (Å²) in [5, 5.41) is 2.83. The maximum atomic E-state index is 11.7. The molecular formula is C12H16N2O2. The number of carbonyl (C=O) groups excluding carboxylic acids is 2. The second-order valence-corrected chi connectivity index (χ2v) is 4.65. The van der Waals surface area contributed by atoms with Crippen molar-refractivity contribution < 1.29 is 9.59 Å². The molecule has 4 heteroatoms. The van der Waals surface area contributed by atoms with E-state index in [9.17, 15) is 9.59 Å². The van der Waals surface area contributed by atoms with Gasteiger partial charge in [-0.15, -0.1) is 0 Å². The molecule has 1 rings (SSSR count). The van der Waals surface area contributed by atoms with E-state index in [2.05, 4.69) is 5.32 Å². The molecule has 1 aromatic carbocycles. The summed E-state index contributed by atoms with van der Waals surface area (Å²) in [7, 11) is 0. The zero-order chi connectivity index (χ0) is 12.3. The van der Waals surface area contributed by atoms with Crippen molar-refractivity contribution in [2.24, 2.45) is 5.73 Å². The quantitative estimate of drug-likeness (QED) is 0.788. The van der Waals surface area contributed by atoms with Crippen molar-refractivity contribution in [3.63, 3.8) is 0 Å². The Bertz CT molecular complexity index is 402. The van der Waals surface area contributed by atoms with Crippen LogP contribution in [0.3, 0.4) is 0 Å². The molecule has 0 spiro atoms. The van der Waals surface area contributed by atoms with Crippen LogP contribution in [-0.4, -0.2) is 17.4 Å². The maximum Gasteiger partial charge on any atom is 0.251 e. The molecule has 0 aliphatic carbocycles. The van der Waals surface area contributed by atoms with Crippen molar-refractivity contribution in [2.75, 3.05) is 0 Å². The van der Waals surface area contributed by atoms with Crippen molar-refractivity contribution in [2.45, 2.75) is 26.3 Å². The molecule has 0 atom stereocenters. The maximum absolute atomic E-state index is 11.7. The van der Waals surface area contributed by atoms with Crippen LogP contribution < -0.4 is 11.1 Å².